The number of rotatable bonds is 1. The number of nitrogens with zero attached hydrogens (tertiary/aromatic N) is 2. The van der Waals surface area contributed by atoms with Crippen LogP contribution in [0.4, 0.5) is 5.69 Å². The number of hydrogen-bond acceptors (Lipinski definition) is 3. The van der Waals surface area contributed by atoms with Gasteiger partial charge < -0.3 is 9.64 Å². The smallest absolute Gasteiger partial charge is 0.0642 e. The molecule has 3 heteroatoms. The first-order valence-corrected chi connectivity index (χ1v) is 7.92. The predicted octanol–water partition coefficient (Wildman–Crippen LogP) is 2.63. The maximum atomic E-state index is 5.47. The van der Waals surface area contributed by atoms with Crippen LogP contribution in [0.5, 0.6) is 0 Å². The standard InChI is InChI=1S/C17H24N2O/c1-12-14-5-6-18(2)17(12)16-11-13(3-4-15(14)16)19-7-9-20-10-8-19/h3-4,11-12,14,17H,5-10H2,1-2H3/t12-,14?,17?/m0/s1. The van der Waals surface area contributed by atoms with Crippen molar-refractivity contribution in [3.8, 4) is 0 Å². The number of ether oxygens (including phenoxy) is 1. The van der Waals surface area contributed by atoms with Crippen LogP contribution in [0.3, 0.4) is 0 Å². The number of morpholine rings is 1. The zero-order valence-electron chi connectivity index (χ0n) is 12.5. The number of fused-ring (bicyclic) bond motifs is 5. The van der Waals surface area contributed by atoms with E-state index in [1.54, 1.807) is 11.1 Å². The lowest BCUT2D eigenvalue weighted by atomic mass is 9.86. The van der Waals surface area contributed by atoms with Crippen LogP contribution in [0.15, 0.2) is 18.2 Å². The molecule has 2 fully saturated rings. The topological polar surface area (TPSA) is 15.7 Å². The Labute approximate surface area is 121 Å². The molecule has 2 bridgehead atoms. The molecule has 108 valence electrons. The van der Waals surface area contributed by atoms with Gasteiger partial charge in [-0.1, -0.05) is 13.0 Å². The minimum absolute atomic E-state index is 0.629. The Morgan fingerprint density at radius 2 is 1.90 bits per heavy atom. The summed E-state index contributed by atoms with van der Waals surface area (Å²) >= 11 is 0. The molecule has 0 amide bonds. The molecule has 2 unspecified atom stereocenters. The van der Waals surface area contributed by atoms with Gasteiger partial charge in [0.15, 0.2) is 0 Å². The van der Waals surface area contributed by atoms with Crippen LogP contribution in [0, 0.1) is 5.92 Å². The summed E-state index contributed by atoms with van der Waals surface area (Å²) in [5, 5.41) is 0. The summed E-state index contributed by atoms with van der Waals surface area (Å²) < 4.78 is 5.47. The maximum absolute atomic E-state index is 5.47. The van der Waals surface area contributed by atoms with E-state index in [1.807, 2.05) is 0 Å². The molecule has 20 heavy (non-hydrogen) atoms. The second-order valence-electron chi connectivity index (χ2n) is 6.59. The molecule has 0 spiro atoms. The molecule has 1 aromatic carbocycles. The summed E-state index contributed by atoms with van der Waals surface area (Å²) in [5.41, 5.74) is 4.59. The lowest BCUT2D eigenvalue weighted by Crippen LogP contribution is -2.36. The summed E-state index contributed by atoms with van der Waals surface area (Å²) in [7, 11) is 2.29. The van der Waals surface area contributed by atoms with Crippen LogP contribution >= 0.6 is 0 Å². The fraction of sp³-hybridized carbons (Fsp3) is 0.647. The van der Waals surface area contributed by atoms with Gasteiger partial charge in [0.1, 0.15) is 0 Å². The SMILES string of the molecule is C[C@H]1C2CCN(C)C1c1cc(N3CCOCC3)ccc12. The first kappa shape index (κ1) is 12.7. The van der Waals surface area contributed by atoms with Crippen molar-refractivity contribution in [1.29, 1.82) is 0 Å². The largest absolute Gasteiger partial charge is 0.378 e. The summed E-state index contributed by atoms with van der Waals surface area (Å²) in [6.45, 7) is 7.44. The first-order chi connectivity index (χ1) is 9.75. The van der Waals surface area contributed by atoms with Crippen LogP contribution in [-0.2, 0) is 4.74 Å². The lowest BCUT2D eigenvalue weighted by molar-refractivity contribution is 0.122. The zero-order valence-corrected chi connectivity index (χ0v) is 12.5. The molecule has 4 rings (SSSR count). The van der Waals surface area contributed by atoms with Gasteiger partial charge in [0, 0.05) is 24.8 Å². The molecular weight excluding hydrogens is 248 g/mol. The Morgan fingerprint density at radius 1 is 1.10 bits per heavy atom. The van der Waals surface area contributed by atoms with Crippen LogP contribution in [0.1, 0.15) is 36.4 Å². The van der Waals surface area contributed by atoms with Crippen molar-refractivity contribution in [2.75, 3.05) is 44.8 Å². The fourth-order valence-corrected chi connectivity index (χ4v) is 4.50. The van der Waals surface area contributed by atoms with Crippen molar-refractivity contribution in [2.24, 2.45) is 5.92 Å². The highest BCUT2D eigenvalue weighted by Gasteiger charge is 2.43. The van der Waals surface area contributed by atoms with Gasteiger partial charge in [-0.3, -0.25) is 4.90 Å². The average Bonchev–Trinajstić information content (AvgIpc) is 2.66. The van der Waals surface area contributed by atoms with E-state index in [1.165, 1.54) is 18.7 Å². The number of benzene rings is 1. The highest BCUT2D eigenvalue weighted by atomic mass is 16.5. The van der Waals surface area contributed by atoms with Crippen molar-refractivity contribution in [1.82, 2.24) is 4.90 Å². The Morgan fingerprint density at radius 3 is 2.70 bits per heavy atom. The quantitative estimate of drug-likeness (QED) is 0.781. The highest BCUT2D eigenvalue weighted by Crippen LogP contribution is 2.53. The van der Waals surface area contributed by atoms with Crippen LogP contribution in [0.25, 0.3) is 0 Å². The fourth-order valence-electron chi connectivity index (χ4n) is 4.50. The molecule has 0 radical (unpaired) electrons. The van der Waals surface area contributed by atoms with Gasteiger partial charge in [0.25, 0.3) is 0 Å². The van der Waals surface area contributed by atoms with Crippen molar-refractivity contribution in [3.05, 3.63) is 29.3 Å². The van der Waals surface area contributed by atoms with Crippen molar-refractivity contribution in [2.45, 2.75) is 25.3 Å². The summed E-state index contributed by atoms with van der Waals surface area (Å²) in [4.78, 5) is 5.02. The van der Waals surface area contributed by atoms with E-state index in [0.29, 0.717) is 6.04 Å². The average molecular weight is 272 g/mol. The highest BCUT2D eigenvalue weighted by molar-refractivity contribution is 5.55. The second kappa shape index (κ2) is 4.74. The maximum Gasteiger partial charge on any atom is 0.0642 e. The number of hydrogen-bond donors (Lipinski definition) is 0. The minimum Gasteiger partial charge on any atom is -0.378 e. The Bertz CT molecular complexity index is 510. The molecule has 2 aliphatic heterocycles. The third-order valence-corrected chi connectivity index (χ3v) is 5.57. The Kier molecular flexibility index (Phi) is 3.00. The van der Waals surface area contributed by atoms with Crippen LogP contribution < -0.4 is 4.90 Å². The van der Waals surface area contributed by atoms with Gasteiger partial charge in [0.05, 0.1) is 13.2 Å². The summed E-state index contributed by atoms with van der Waals surface area (Å²) in [6, 6.07) is 7.83. The first-order valence-electron chi connectivity index (χ1n) is 7.92. The predicted molar refractivity (Wildman–Crippen MR) is 81.4 cm³/mol. The Hall–Kier alpha value is -1.06. The van der Waals surface area contributed by atoms with E-state index < -0.39 is 0 Å². The van der Waals surface area contributed by atoms with Gasteiger partial charge in [-0.25, -0.2) is 0 Å². The summed E-state index contributed by atoms with van der Waals surface area (Å²) in [6.07, 6.45) is 1.32. The third kappa shape index (κ3) is 1.80. The van der Waals surface area contributed by atoms with Gasteiger partial charge in [-0.05, 0) is 55.1 Å². The molecule has 0 saturated carbocycles. The van der Waals surface area contributed by atoms with Crippen molar-refractivity contribution in [3.63, 3.8) is 0 Å². The van der Waals surface area contributed by atoms with Crippen molar-refractivity contribution < 1.29 is 4.74 Å². The third-order valence-electron chi connectivity index (χ3n) is 5.57. The van der Waals surface area contributed by atoms with E-state index in [0.717, 1.165) is 38.1 Å². The molecule has 1 aliphatic carbocycles. The van der Waals surface area contributed by atoms with Crippen LogP contribution in [0.2, 0.25) is 0 Å². The molecule has 1 aromatic rings. The Balaban J connectivity index is 1.71. The second-order valence-corrected chi connectivity index (χ2v) is 6.59. The van der Waals surface area contributed by atoms with Gasteiger partial charge >= 0.3 is 0 Å². The normalized spacial score (nSPS) is 33.3. The monoisotopic (exact) mass is 272 g/mol. The van der Waals surface area contributed by atoms with E-state index in [2.05, 4.69) is 42.0 Å². The van der Waals surface area contributed by atoms with E-state index in [4.69, 9.17) is 4.74 Å². The van der Waals surface area contributed by atoms with E-state index in [-0.39, 0.29) is 0 Å². The van der Waals surface area contributed by atoms with Gasteiger partial charge in [0.2, 0.25) is 0 Å². The molecule has 2 saturated heterocycles. The molecule has 3 atom stereocenters. The van der Waals surface area contributed by atoms with Gasteiger partial charge in [-0.15, -0.1) is 0 Å². The lowest BCUT2D eigenvalue weighted by Gasteiger charge is -2.36. The molecular formula is C17H24N2O. The molecule has 2 heterocycles. The van der Waals surface area contributed by atoms with Crippen molar-refractivity contribution >= 4 is 5.69 Å². The number of piperidine rings is 1. The number of anilines is 1. The van der Waals surface area contributed by atoms with E-state index in [9.17, 15) is 0 Å². The van der Waals surface area contributed by atoms with Gasteiger partial charge in [-0.2, -0.15) is 0 Å². The molecule has 3 nitrogen and oxygen atoms in total. The molecule has 0 N–H and O–H groups in total. The van der Waals surface area contributed by atoms with E-state index >= 15 is 0 Å². The van der Waals surface area contributed by atoms with Crippen LogP contribution in [-0.4, -0.2) is 44.8 Å². The zero-order chi connectivity index (χ0) is 13.7. The molecule has 0 aromatic heterocycles. The molecule has 3 aliphatic rings. The number of likely N-dealkylation sites (tertiary alicyclic amines) is 1. The minimum atomic E-state index is 0.629. The summed E-state index contributed by atoms with van der Waals surface area (Å²) in [5.74, 6) is 1.55.